The summed E-state index contributed by atoms with van der Waals surface area (Å²) in [6.07, 6.45) is 0.156. The van der Waals surface area contributed by atoms with E-state index in [0.29, 0.717) is 15.6 Å². The average molecular weight is 576 g/mol. The predicted octanol–water partition coefficient (Wildman–Crippen LogP) is 4.94. The molecule has 2 aliphatic rings. The zero-order valence-electron chi connectivity index (χ0n) is 22.3. The number of imide groups is 1. The van der Waals surface area contributed by atoms with E-state index < -0.39 is 23.4 Å². The van der Waals surface area contributed by atoms with Gasteiger partial charge < -0.3 is 14.7 Å². The number of carbonyl (C=O) groups is 3. The van der Waals surface area contributed by atoms with Crippen LogP contribution in [-0.2, 0) is 16.0 Å². The van der Waals surface area contributed by atoms with E-state index in [4.69, 9.17) is 23.2 Å². The van der Waals surface area contributed by atoms with Crippen molar-refractivity contribution in [3.63, 3.8) is 0 Å². The van der Waals surface area contributed by atoms with Crippen LogP contribution in [0, 0.1) is 11.3 Å². The molecule has 5 rings (SSSR count). The molecule has 0 aromatic heterocycles. The Balaban J connectivity index is 1.52. The number of benzene rings is 3. The number of rotatable bonds is 5. The van der Waals surface area contributed by atoms with Crippen molar-refractivity contribution in [2.45, 2.75) is 17.9 Å². The zero-order valence-corrected chi connectivity index (χ0v) is 23.8. The van der Waals surface area contributed by atoms with Gasteiger partial charge in [0.1, 0.15) is 5.54 Å². The number of urea groups is 1. The van der Waals surface area contributed by atoms with Gasteiger partial charge in [0.15, 0.2) is 0 Å². The third-order valence-corrected chi connectivity index (χ3v) is 8.21. The molecule has 8 nitrogen and oxygen atoms in total. The van der Waals surface area contributed by atoms with E-state index in [1.54, 1.807) is 36.2 Å². The highest BCUT2D eigenvalue weighted by atomic mass is 35.5. The minimum Gasteiger partial charge on any atom is -0.378 e. The van der Waals surface area contributed by atoms with Gasteiger partial charge >= 0.3 is 6.03 Å². The third kappa shape index (κ3) is 4.66. The second kappa shape index (κ2) is 10.5. The van der Waals surface area contributed by atoms with Gasteiger partial charge in [0.05, 0.1) is 30.3 Å². The first-order valence-electron chi connectivity index (χ1n) is 12.7. The summed E-state index contributed by atoms with van der Waals surface area (Å²) < 4.78 is 0. The molecule has 0 bridgehead atoms. The molecule has 10 heteroatoms. The van der Waals surface area contributed by atoms with E-state index in [2.05, 4.69) is 6.07 Å². The summed E-state index contributed by atoms with van der Waals surface area (Å²) in [5, 5.41) is 9.87. The highest BCUT2D eigenvalue weighted by Gasteiger charge is 2.65. The fourth-order valence-corrected chi connectivity index (χ4v) is 6.11. The molecule has 40 heavy (non-hydrogen) atoms. The Morgan fingerprint density at radius 2 is 1.65 bits per heavy atom. The Morgan fingerprint density at radius 1 is 1.02 bits per heavy atom. The van der Waals surface area contributed by atoms with Crippen molar-refractivity contribution < 1.29 is 14.4 Å². The van der Waals surface area contributed by atoms with Crippen molar-refractivity contribution >= 4 is 52.4 Å². The van der Waals surface area contributed by atoms with E-state index in [9.17, 15) is 19.6 Å². The number of likely N-dealkylation sites (tertiary alicyclic amines) is 1. The van der Waals surface area contributed by atoms with Crippen LogP contribution in [-0.4, -0.2) is 67.4 Å². The number of nitrogens with zero attached hydrogens (tertiary/aromatic N) is 5. The van der Waals surface area contributed by atoms with Crippen molar-refractivity contribution in [3.05, 3.63) is 93.5 Å². The monoisotopic (exact) mass is 575 g/mol. The molecule has 2 fully saturated rings. The van der Waals surface area contributed by atoms with Gasteiger partial charge in [-0.3, -0.25) is 9.59 Å². The summed E-state index contributed by atoms with van der Waals surface area (Å²) in [5.74, 6) is -1.13. The molecular weight excluding hydrogens is 549 g/mol. The van der Waals surface area contributed by atoms with E-state index in [1.807, 2.05) is 43.3 Å². The minimum atomic E-state index is -1.36. The summed E-state index contributed by atoms with van der Waals surface area (Å²) in [5.41, 5.74) is 2.01. The number of carbonyl (C=O) groups excluding carboxylic acids is 3. The van der Waals surface area contributed by atoms with Gasteiger partial charge in [-0.15, -0.1) is 0 Å². The van der Waals surface area contributed by atoms with Crippen LogP contribution in [0.2, 0.25) is 10.0 Å². The van der Waals surface area contributed by atoms with Crippen LogP contribution in [0.1, 0.15) is 22.6 Å². The second-order valence-corrected chi connectivity index (χ2v) is 11.2. The fraction of sp³-hybridized carbons (Fsp3) is 0.267. The quantitative estimate of drug-likeness (QED) is 0.402. The van der Waals surface area contributed by atoms with Crippen LogP contribution in [0.15, 0.2) is 66.7 Å². The fourth-order valence-electron chi connectivity index (χ4n) is 5.59. The van der Waals surface area contributed by atoms with Gasteiger partial charge in [-0.25, -0.2) is 9.69 Å². The van der Waals surface area contributed by atoms with Crippen molar-refractivity contribution in [1.29, 1.82) is 5.26 Å². The van der Waals surface area contributed by atoms with Crippen molar-refractivity contribution in [1.82, 2.24) is 9.80 Å². The van der Waals surface area contributed by atoms with E-state index in [1.165, 1.54) is 23.1 Å². The standard InChI is InChI=1S/C30H27Cl2N5O3/c1-34(2)24-10-6-19(7-11-24)12-27(38)36-17-26(21-8-4-20(16-33)5-9-21)30(18-36)28(39)37(29(40)35(30)3)25-14-22(31)13-23(32)15-25/h4-11,13-15,26H,12,17-18H2,1-3H3/t26-,30+/m0/s1. The number of amides is 4. The van der Waals surface area contributed by atoms with Crippen LogP contribution < -0.4 is 9.80 Å². The number of nitriles is 1. The first-order valence-corrected chi connectivity index (χ1v) is 13.4. The van der Waals surface area contributed by atoms with E-state index >= 15 is 0 Å². The molecule has 0 N–H and O–H groups in total. The lowest BCUT2D eigenvalue weighted by Crippen LogP contribution is -2.54. The number of likely N-dealkylation sites (N-methyl/N-ethyl adjacent to an activating group) is 1. The molecule has 0 aliphatic carbocycles. The first kappa shape index (κ1) is 27.5. The normalized spacial score (nSPS) is 20.4. The van der Waals surface area contributed by atoms with Gasteiger partial charge in [0.2, 0.25) is 5.91 Å². The maximum atomic E-state index is 14.3. The van der Waals surface area contributed by atoms with Crippen LogP contribution in [0.25, 0.3) is 0 Å². The smallest absolute Gasteiger partial charge is 0.332 e. The molecule has 3 aromatic rings. The van der Waals surface area contributed by atoms with Crippen LogP contribution in [0.5, 0.6) is 0 Å². The molecule has 2 saturated heterocycles. The number of hydrogen-bond donors (Lipinski definition) is 0. The Hall–Kier alpha value is -4.06. The second-order valence-electron chi connectivity index (χ2n) is 10.3. The van der Waals surface area contributed by atoms with Crippen molar-refractivity contribution in [3.8, 4) is 6.07 Å². The largest absolute Gasteiger partial charge is 0.378 e. The van der Waals surface area contributed by atoms with Gasteiger partial charge in [-0.1, -0.05) is 47.5 Å². The molecule has 1 spiro atoms. The molecule has 0 unspecified atom stereocenters. The topological polar surface area (TPSA) is 88.0 Å². The zero-order chi connectivity index (χ0) is 28.8. The van der Waals surface area contributed by atoms with Gasteiger partial charge in [-0.05, 0) is 53.6 Å². The molecule has 3 aromatic carbocycles. The number of hydrogen-bond acceptors (Lipinski definition) is 5. The minimum absolute atomic E-state index is 0.0259. The summed E-state index contributed by atoms with van der Waals surface area (Å²) in [4.78, 5) is 47.7. The maximum Gasteiger partial charge on any atom is 0.332 e. The summed E-state index contributed by atoms with van der Waals surface area (Å²) in [7, 11) is 5.48. The molecule has 4 amide bonds. The maximum absolute atomic E-state index is 14.3. The van der Waals surface area contributed by atoms with E-state index in [-0.39, 0.29) is 31.1 Å². The summed E-state index contributed by atoms with van der Waals surface area (Å²) >= 11 is 12.4. The Bertz CT molecular complexity index is 1510. The van der Waals surface area contributed by atoms with Crippen LogP contribution >= 0.6 is 23.2 Å². The SMILES string of the molecule is CN(C)c1ccc(CC(=O)N2C[C@@H](c3ccc(C#N)cc3)[C@]3(C2)C(=O)N(c2cc(Cl)cc(Cl)c2)C(=O)N3C)cc1. The molecule has 0 saturated carbocycles. The van der Waals surface area contributed by atoms with Gasteiger partial charge in [-0.2, -0.15) is 5.26 Å². The number of halogens is 2. The lowest BCUT2D eigenvalue weighted by Gasteiger charge is -2.33. The highest BCUT2D eigenvalue weighted by molar-refractivity contribution is 6.35. The Labute approximate surface area is 242 Å². The molecule has 2 atom stereocenters. The Morgan fingerprint density at radius 3 is 2.23 bits per heavy atom. The first-order chi connectivity index (χ1) is 19.0. The molecule has 0 radical (unpaired) electrons. The highest BCUT2D eigenvalue weighted by Crippen LogP contribution is 2.46. The van der Waals surface area contributed by atoms with Crippen molar-refractivity contribution in [2.75, 3.05) is 44.0 Å². The molecular formula is C30H27Cl2N5O3. The van der Waals surface area contributed by atoms with Crippen molar-refractivity contribution in [2.24, 2.45) is 0 Å². The predicted molar refractivity (Wildman–Crippen MR) is 155 cm³/mol. The summed E-state index contributed by atoms with van der Waals surface area (Å²) in [6, 6.07) is 20.8. The molecule has 204 valence electrons. The lowest BCUT2D eigenvalue weighted by atomic mass is 9.80. The van der Waals surface area contributed by atoms with Crippen LogP contribution in [0.3, 0.4) is 0 Å². The van der Waals surface area contributed by atoms with Gasteiger partial charge in [0, 0.05) is 49.3 Å². The Kier molecular flexibility index (Phi) is 7.21. The van der Waals surface area contributed by atoms with E-state index in [0.717, 1.165) is 21.7 Å². The lowest BCUT2D eigenvalue weighted by molar-refractivity contribution is -0.130. The summed E-state index contributed by atoms with van der Waals surface area (Å²) in [6.45, 7) is 0.256. The third-order valence-electron chi connectivity index (χ3n) is 7.77. The molecule has 2 aliphatic heterocycles. The van der Waals surface area contributed by atoms with Crippen LogP contribution in [0.4, 0.5) is 16.2 Å². The average Bonchev–Trinajstić information content (AvgIpc) is 3.41. The van der Waals surface area contributed by atoms with Gasteiger partial charge in [0.25, 0.3) is 5.91 Å². The molecule has 2 heterocycles. The number of anilines is 2.